The monoisotopic (exact) mass is 332 g/mol. The fraction of sp³-hybridized carbons (Fsp3) is 0.647. The van der Waals surface area contributed by atoms with E-state index in [2.05, 4.69) is 15.3 Å². The second-order valence-electron chi connectivity index (χ2n) is 6.55. The third kappa shape index (κ3) is 3.72. The standard InChI is InChI=1S/C17H24N4O3/c1-11-9-14(20-15(18-11)10-24-2)19-12-3-5-13(6-4-12)21-16(22)7-8-17(21)23/h9,12-13H,3-8,10H2,1-2H3,(H,18,19,20). The van der Waals surface area contributed by atoms with E-state index in [1.807, 2.05) is 13.0 Å². The molecule has 0 spiro atoms. The zero-order chi connectivity index (χ0) is 17.1. The van der Waals surface area contributed by atoms with Gasteiger partial charge in [-0.1, -0.05) is 0 Å². The topological polar surface area (TPSA) is 84.4 Å². The van der Waals surface area contributed by atoms with Crippen LogP contribution in [0.3, 0.4) is 0 Å². The number of amides is 2. The van der Waals surface area contributed by atoms with Crippen LogP contribution in [0.15, 0.2) is 6.07 Å². The summed E-state index contributed by atoms with van der Waals surface area (Å²) in [6, 6.07) is 2.30. The zero-order valence-electron chi connectivity index (χ0n) is 14.2. The van der Waals surface area contributed by atoms with Gasteiger partial charge in [0.15, 0.2) is 5.82 Å². The number of anilines is 1. The lowest BCUT2D eigenvalue weighted by Gasteiger charge is -2.34. The summed E-state index contributed by atoms with van der Waals surface area (Å²) in [5.41, 5.74) is 0.904. The molecular formula is C17H24N4O3. The molecule has 0 atom stereocenters. The first-order valence-corrected chi connectivity index (χ1v) is 8.51. The van der Waals surface area contributed by atoms with E-state index in [0.717, 1.165) is 37.2 Å². The number of aromatic nitrogens is 2. The van der Waals surface area contributed by atoms with Crippen molar-refractivity contribution in [2.45, 2.75) is 64.1 Å². The molecule has 2 amide bonds. The van der Waals surface area contributed by atoms with E-state index in [0.29, 0.717) is 31.3 Å². The van der Waals surface area contributed by atoms with Crippen molar-refractivity contribution in [2.75, 3.05) is 12.4 Å². The summed E-state index contributed by atoms with van der Waals surface area (Å²) in [5, 5.41) is 3.46. The van der Waals surface area contributed by atoms with E-state index < -0.39 is 0 Å². The average molecular weight is 332 g/mol. The quantitative estimate of drug-likeness (QED) is 0.828. The third-order valence-electron chi connectivity index (χ3n) is 4.68. The van der Waals surface area contributed by atoms with Crippen molar-refractivity contribution in [3.05, 3.63) is 17.6 Å². The first-order valence-electron chi connectivity index (χ1n) is 8.51. The van der Waals surface area contributed by atoms with Gasteiger partial charge in [-0.05, 0) is 32.6 Å². The lowest BCUT2D eigenvalue weighted by molar-refractivity contribution is -0.141. The number of hydrogen-bond donors (Lipinski definition) is 1. The summed E-state index contributed by atoms with van der Waals surface area (Å²) in [4.78, 5) is 34.0. The predicted molar refractivity (Wildman–Crippen MR) is 88.2 cm³/mol. The number of imide groups is 1. The number of carbonyl (C=O) groups excluding carboxylic acids is 2. The van der Waals surface area contributed by atoms with Crippen LogP contribution in [0.4, 0.5) is 5.82 Å². The zero-order valence-corrected chi connectivity index (χ0v) is 14.2. The maximum atomic E-state index is 11.9. The van der Waals surface area contributed by atoms with E-state index in [9.17, 15) is 9.59 Å². The molecule has 1 N–H and O–H groups in total. The Morgan fingerprint density at radius 1 is 1.17 bits per heavy atom. The summed E-state index contributed by atoms with van der Waals surface area (Å²) < 4.78 is 5.10. The molecule has 3 rings (SSSR count). The van der Waals surface area contributed by atoms with Gasteiger partial charge in [0.2, 0.25) is 11.8 Å². The first-order chi connectivity index (χ1) is 11.6. The van der Waals surface area contributed by atoms with Crippen LogP contribution < -0.4 is 5.32 Å². The Morgan fingerprint density at radius 2 is 1.83 bits per heavy atom. The molecule has 1 aromatic heterocycles. The largest absolute Gasteiger partial charge is 0.377 e. The van der Waals surface area contributed by atoms with Crippen LogP contribution in [-0.2, 0) is 20.9 Å². The lowest BCUT2D eigenvalue weighted by Crippen LogP contribution is -2.43. The number of hydrogen-bond acceptors (Lipinski definition) is 6. The smallest absolute Gasteiger partial charge is 0.229 e. The van der Waals surface area contributed by atoms with E-state index in [1.165, 1.54) is 4.90 Å². The van der Waals surface area contributed by atoms with Gasteiger partial charge < -0.3 is 10.1 Å². The maximum absolute atomic E-state index is 11.9. The van der Waals surface area contributed by atoms with Crippen molar-refractivity contribution in [3.63, 3.8) is 0 Å². The van der Waals surface area contributed by atoms with E-state index in [4.69, 9.17) is 4.74 Å². The van der Waals surface area contributed by atoms with Gasteiger partial charge in [0, 0.05) is 43.8 Å². The van der Waals surface area contributed by atoms with Crippen molar-refractivity contribution in [1.29, 1.82) is 0 Å². The van der Waals surface area contributed by atoms with Crippen LogP contribution in [0.5, 0.6) is 0 Å². The van der Waals surface area contributed by atoms with Crippen LogP contribution >= 0.6 is 0 Å². The minimum Gasteiger partial charge on any atom is -0.377 e. The summed E-state index contributed by atoms with van der Waals surface area (Å²) in [6.45, 7) is 2.33. The molecule has 0 unspecified atom stereocenters. The van der Waals surface area contributed by atoms with Crippen LogP contribution in [0.1, 0.15) is 50.0 Å². The van der Waals surface area contributed by atoms with E-state index >= 15 is 0 Å². The van der Waals surface area contributed by atoms with Gasteiger partial charge in [0.25, 0.3) is 0 Å². The van der Waals surface area contributed by atoms with Crippen LogP contribution in [-0.4, -0.2) is 45.9 Å². The van der Waals surface area contributed by atoms with Crippen LogP contribution in [0.25, 0.3) is 0 Å². The Labute approximate surface area is 141 Å². The Balaban J connectivity index is 1.57. The summed E-state index contributed by atoms with van der Waals surface area (Å²) in [5.74, 6) is 1.47. The van der Waals surface area contributed by atoms with Gasteiger partial charge in [-0.15, -0.1) is 0 Å². The number of ether oxygens (including phenoxy) is 1. The van der Waals surface area contributed by atoms with Gasteiger partial charge >= 0.3 is 0 Å². The highest BCUT2D eigenvalue weighted by Gasteiger charge is 2.36. The summed E-state index contributed by atoms with van der Waals surface area (Å²) >= 11 is 0. The van der Waals surface area contributed by atoms with Gasteiger partial charge in [-0.25, -0.2) is 9.97 Å². The molecule has 1 saturated carbocycles. The first kappa shape index (κ1) is 16.8. The minimum absolute atomic E-state index is 0.00737. The highest BCUT2D eigenvalue weighted by Crippen LogP contribution is 2.28. The predicted octanol–water partition coefficient (Wildman–Crippen LogP) is 1.80. The van der Waals surface area contributed by atoms with Gasteiger partial charge in [-0.2, -0.15) is 0 Å². The molecule has 1 aromatic rings. The molecule has 1 saturated heterocycles. The highest BCUT2D eigenvalue weighted by molar-refractivity contribution is 6.02. The number of carbonyl (C=O) groups is 2. The Kier molecular flexibility index (Phi) is 5.08. The fourth-order valence-electron chi connectivity index (χ4n) is 3.59. The molecule has 130 valence electrons. The van der Waals surface area contributed by atoms with Crippen molar-refractivity contribution in [3.8, 4) is 0 Å². The SMILES string of the molecule is COCc1nc(C)cc(NC2CCC(N3C(=O)CCC3=O)CC2)n1. The van der Waals surface area contributed by atoms with Crippen molar-refractivity contribution >= 4 is 17.6 Å². The van der Waals surface area contributed by atoms with Crippen molar-refractivity contribution in [2.24, 2.45) is 0 Å². The van der Waals surface area contributed by atoms with Gasteiger partial charge in [0.05, 0.1) is 0 Å². The maximum Gasteiger partial charge on any atom is 0.229 e. The molecule has 1 aliphatic carbocycles. The third-order valence-corrected chi connectivity index (χ3v) is 4.68. The number of aryl methyl sites for hydroxylation is 1. The molecule has 2 aliphatic rings. The van der Waals surface area contributed by atoms with Crippen molar-refractivity contribution < 1.29 is 14.3 Å². The molecule has 2 fully saturated rings. The summed E-state index contributed by atoms with van der Waals surface area (Å²) in [7, 11) is 1.63. The Hall–Kier alpha value is -2.02. The number of nitrogens with zero attached hydrogens (tertiary/aromatic N) is 3. The molecule has 24 heavy (non-hydrogen) atoms. The normalized spacial score (nSPS) is 24.5. The lowest BCUT2D eigenvalue weighted by atomic mass is 9.90. The molecule has 0 bridgehead atoms. The Bertz CT molecular complexity index is 610. The fourth-order valence-corrected chi connectivity index (χ4v) is 3.59. The van der Waals surface area contributed by atoms with E-state index in [1.54, 1.807) is 7.11 Å². The number of rotatable bonds is 5. The second-order valence-corrected chi connectivity index (χ2v) is 6.55. The molecule has 7 nitrogen and oxygen atoms in total. The molecule has 1 aliphatic heterocycles. The average Bonchev–Trinajstić information content (AvgIpc) is 2.87. The van der Waals surface area contributed by atoms with Gasteiger partial charge in [0.1, 0.15) is 12.4 Å². The number of likely N-dealkylation sites (tertiary alicyclic amines) is 1. The van der Waals surface area contributed by atoms with Crippen molar-refractivity contribution in [1.82, 2.24) is 14.9 Å². The van der Waals surface area contributed by atoms with E-state index in [-0.39, 0.29) is 17.9 Å². The van der Waals surface area contributed by atoms with Crippen LogP contribution in [0.2, 0.25) is 0 Å². The second kappa shape index (κ2) is 7.25. The highest BCUT2D eigenvalue weighted by atomic mass is 16.5. The molecule has 2 heterocycles. The Morgan fingerprint density at radius 3 is 2.46 bits per heavy atom. The molecule has 0 aromatic carbocycles. The molecular weight excluding hydrogens is 308 g/mol. The molecule has 7 heteroatoms. The summed E-state index contributed by atoms with van der Waals surface area (Å²) in [6.07, 6.45) is 4.29. The van der Waals surface area contributed by atoms with Gasteiger partial charge in [-0.3, -0.25) is 14.5 Å². The number of methoxy groups -OCH3 is 1. The van der Waals surface area contributed by atoms with Crippen LogP contribution in [0, 0.1) is 6.92 Å². The number of nitrogens with one attached hydrogen (secondary N) is 1. The molecule has 0 radical (unpaired) electrons. The minimum atomic E-state index is -0.00737.